The minimum Gasteiger partial charge on any atom is -0.393 e. The predicted octanol–water partition coefficient (Wildman–Crippen LogP) is -4.48. The summed E-state index contributed by atoms with van der Waals surface area (Å²) in [7, 11) is 0. The van der Waals surface area contributed by atoms with Crippen LogP contribution in [0, 0.1) is 5.92 Å². The van der Waals surface area contributed by atoms with Gasteiger partial charge in [0, 0.05) is 6.61 Å². The molecule has 4 aliphatic heterocycles. The molecule has 11 heteroatoms. The molecule has 0 aromatic rings. The van der Waals surface area contributed by atoms with E-state index in [2.05, 4.69) is 10.3 Å². The lowest BCUT2D eigenvalue weighted by molar-refractivity contribution is -0.548. The van der Waals surface area contributed by atoms with E-state index in [0.29, 0.717) is 0 Å². The molecule has 4 bridgehead atoms. The molecule has 9 atom stereocenters. The van der Waals surface area contributed by atoms with E-state index in [-0.39, 0.29) is 12.6 Å². The van der Waals surface area contributed by atoms with Crippen LogP contribution < -0.4 is 11.1 Å². The zero-order valence-corrected chi connectivity index (χ0v) is 12.9. The molecule has 11 nitrogen and oxygen atoms in total. The van der Waals surface area contributed by atoms with Gasteiger partial charge in [-0.1, -0.05) is 0 Å². The minimum atomic E-state index is -2.46. The van der Waals surface area contributed by atoms with E-state index < -0.39 is 60.3 Å². The maximum Gasteiger partial charge on any atom is 0.311 e. The van der Waals surface area contributed by atoms with Gasteiger partial charge in [-0.05, 0) is 6.92 Å². The number of aliphatic hydroxyl groups excluding tert-OH is 3. The van der Waals surface area contributed by atoms with Crippen molar-refractivity contribution in [3.05, 3.63) is 0 Å². The first-order chi connectivity index (χ1) is 11.2. The average Bonchev–Trinajstić information content (AvgIpc) is 2.53. The van der Waals surface area contributed by atoms with Crippen molar-refractivity contribution >= 4 is 5.96 Å². The van der Waals surface area contributed by atoms with Crippen LogP contribution in [0.4, 0.5) is 0 Å². The molecular weight excluding hydrogens is 326 g/mol. The number of nitrogens with one attached hydrogen (secondary N) is 1. The van der Waals surface area contributed by atoms with Gasteiger partial charge >= 0.3 is 5.97 Å². The second-order valence-electron chi connectivity index (χ2n) is 6.65. The fraction of sp³-hybridized carbons (Fsp3) is 0.923. The Morgan fingerprint density at radius 2 is 1.96 bits per heavy atom. The number of nitrogens with two attached hydrogens (primary N) is 1. The number of ether oxygens (including phenoxy) is 3. The average molecular weight is 347 g/mol. The molecule has 4 heterocycles. The Morgan fingerprint density at radius 3 is 2.58 bits per heavy atom. The molecular formula is C13H21N3O8. The third kappa shape index (κ3) is 1.61. The molecule has 4 fully saturated rings. The third-order valence-corrected chi connectivity index (χ3v) is 5.54. The molecule has 1 saturated carbocycles. The Bertz CT molecular complexity index is 592. The Balaban J connectivity index is 1.91. The Labute approximate surface area is 136 Å². The lowest BCUT2D eigenvalue weighted by Crippen LogP contribution is -2.95. The maximum atomic E-state index is 10.8. The third-order valence-electron chi connectivity index (χ3n) is 5.54. The maximum absolute atomic E-state index is 10.8. The summed E-state index contributed by atoms with van der Waals surface area (Å²) in [6.07, 6.45) is -6.86. The van der Waals surface area contributed by atoms with Gasteiger partial charge < -0.3 is 50.8 Å². The van der Waals surface area contributed by atoms with Gasteiger partial charge in [-0.3, -0.25) is 0 Å². The largest absolute Gasteiger partial charge is 0.393 e. The molecule has 8 N–H and O–H groups in total. The van der Waals surface area contributed by atoms with Crippen molar-refractivity contribution in [2.45, 2.75) is 54.7 Å². The van der Waals surface area contributed by atoms with E-state index in [1.54, 1.807) is 6.92 Å². The molecule has 1 aliphatic carbocycles. The predicted molar refractivity (Wildman–Crippen MR) is 75.1 cm³/mol. The lowest BCUT2D eigenvalue weighted by atomic mass is 9.55. The van der Waals surface area contributed by atoms with Crippen LogP contribution in [-0.2, 0) is 14.2 Å². The SMILES string of the molecule is CCO[C@@H]1N=C(N)NC23C(O)[C@H]4O[C@@](O)(O[C@H]([C@H]12)[C@@]4(O)CO)[C@H]3O. The van der Waals surface area contributed by atoms with E-state index >= 15 is 0 Å². The van der Waals surface area contributed by atoms with Gasteiger partial charge in [-0.15, -0.1) is 0 Å². The summed E-state index contributed by atoms with van der Waals surface area (Å²) >= 11 is 0. The summed E-state index contributed by atoms with van der Waals surface area (Å²) in [5.41, 5.74) is 2.15. The highest BCUT2D eigenvalue weighted by atomic mass is 16.9. The van der Waals surface area contributed by atoms with Crippen molar-refractivity contribution in [3.8, 4) is 0 Å². The number of guanidine groups is 1. The van der Waals surface area contributed by atoms with Gasteiger partial charge in [0.05, 0.1) is 12.5 Å². The van der Waals surface area contributed by atoms with Crippen LogP contribution in [0.3, 0.4) is 0 Å². The zero-order valence-electron chi connectivity index (χ0n) is 12.9. The monoisotopic (exact) mass is 347 g/mol. The highest BCUT2D eigenvalue weighted by Crippen LogP contribution is 2.58. The molecule has 136 valence electrons. The van der Waals surface area contributed by atoms with Gasteiger partial charge in [0.1, 0.15) is 29.5 Å². The summed E-state index contributed by atoms with van der Waals surface area (Å²) in [4.78, 5) is 4.11. The van der Waals surface area contributed by atoms with E-state index in [1.807, 2.05) is 0 Å². The van der Waals surface area contributed by atoms with E-state index in [9.17, 15) is 25.5 Å². The molecule has 5 aliphatic rings. The summed E-state index contributed by atoms with van der Waals surface area (Å²) in [5.74, 6) is -3.50. The molecule has 1 spiro atoms. The summed E-state index contributed by atoms with van der Waals surface area (Å²) < 4.78 is 16.1. The number of rotatable bonds is 3. The van der Waals surface area contributed by atoms with Crippen molar-refractivity contribution in [2.24, 2.45) is 16.6 Å². The summed E-state index contributed by atoms with van der Waals surface area (Å²) in [5, 5.41) is 55.2. The van der Waals surface area contributed by atoms with Crippen molar-refractivity contribution < 1.29 is 39.7 Å². The van der Waals surface area contributed by atoms with Gasteiger partial charge in [-0.25, -0.2) is 4.99 Å². The van der Waals surface area contributed by atoms with Crippen LogP contribution in [0.15, 0.2) is 4.99 Å². The van der Waals surface area contributed by atoms with E-state index in [0.717, 1.165) is 0 Å². The lowest BCUT2D eigenvalue weighted by Gasteiger charge is -2.71. The van der Waals surface area contributed by atoms with Gasteiger partial charge in [-0.2, -0.15) is 0 Å². The molecule has 0 aromatic heterocycles. The summed E-state index contributed by atoms with van der Waals surface area (Å²) in [6, 6.07) is 0. The van der Waals surface area contributed by atoms with Crippen LogP contribution in [0.25, 0.3) is 0 Å². The van der Waals surface area contributed by atoms with Gasteiger partial charge in [0.2, 0.25) is 0 Å². The Hall–Kier alpha value is -1.05. The fourth-order valence-electron chi connectivity index (χ4n) is 4.53. The minimum absolute atomic E-state index is 0.0964. The van der Waals surface area contributed by atoms with Crippen LogP contribution in [-0.4, -0.2) is 92.5 Å². The van der Waals surface area contributed by atoms with Crippen LogP contribution >= 0.6 is 0 Å². The quantitative estimate of drug-likeness (QED) is 0.263. The van der Waals surface area contributed by atoms with Crippen LogP contribution in [0.5, 0.6) is 0 Å². The van der Waals surface area contributed by atoms with Crippen molar-refractivity contribution in [1.82, 2.24) is 5.32 Å². The summed E-state index contributed by atoms with van der Waals surface area (Å²) in [6.45, 7) is 1.17. The second-order valence-corrected chi connectivity index (χ2v) is 6.65. The fourth-order valence-corrected chi connectivity index (χ4v) is 4.53. The second kappa shape index (κ2) is 4.77. The smallest absolute Gasteiger partial charge is 0.311 e. The van der Waals surface area contributed by atoms with Gasteiger partial charge in [0.25, 0.3) is 0 Å². The van der Waals surface area contributed by atoms with Crippen molar-refractivity contribution in [3.63, 3.8) is 0 Å². The molecule has 2 unspecified atom stereocenters. The number of aliphatic imine (C=N–C) groups is 1. The first-order valence-electron chi connectivity index (χ1n) is 7.75. The first-order valence-corrected chi connectivity index (χ1v) is 7.75. The number of nitrogens with zero attached hydrogens (tertiary/aromatic N) is 1. The normalized spacial score (nSPS) is 58.2. The zero-order chi connectivity index (χ0) is 17.5. The standard InChI is InChI=1S/C13H21N3O8/c1-2-22-8-4-6-11(20,3-17)7-5(18)12(4,16-10(14)15-8)9(19)13(21,23-6)24-7/h4-9,17-21H,2-3H2,1H3,(H3,14,15,16)/t4-,5?,6-,7-,8+,9+,11+,12?,13+/m1/s1. The highest BCUT2D eigenvalue weighted by molar-refractivity contribution is 5.80. The number of hydrogen-bond donors (Lipinski definition) is 7. The van der Waals surface area contributed by atoms with Crippen LogP contribution in [0.1, 0.15) is 6.92 Å². The van der Waals surface area contributed by atoms with E-state index in [1.165, 1.54) is 0 Å². The van der Waals surface area contributed by atoms with Crippen LogP contribution in [0.2, 0.25) is 0 Å². The number of hydrogen-bond acceptors (Lipinski definition) is 11. The van der Waals surface area contributed by atoms with Crippen molar-refractivity contribution in [1.29, 1.82) is 0 Å². The van der Waals surface area contributed by atoms with Gasteiger partial charge in [0.15, 0.2) is 18.3 Å². The Morgan fingerprint density at radius 1 is 1.29 bits per heavy atom. The van der Waals surface area contributed by atoms with E-state index in [4.69, 9.17) is 19.9 Å². The topological polar surface area (TPSA) is 179 Å². The molecule has 0 aromatic carbocycles. The first kappa shape index (κ1) is 16.4. The molecule has 5 rings (SSSR count). The highest BCUT2D eigenvalue weighted by Gasteiger charge is 2.83. The molecule has 0 radical (unpaired) electrons. The molecule has 24 heavy (non-hydrogen) atoms. The number of aliphatic hydroxyl groups is 5. The molecule has 3 saturated heterocycles. The molecule has 0 amide bonds. The Kier molecular flexibility index (Phi) is 3.26. The van der Waals surface area contributed by atoms with Crippen molar-refractivity contribution in [2.75, 3.05) is 13.2 Å².